The molecule has 1 saturated carbocycles. The number of anilines is 1. The molecule has 0 aliphatic heterocycles. The van der Waals surface area contributed by atoms with Crippen molar-refractivity contribution in [1.29, 1.82) is 0 Å². The number of amides is 2. The summed E-state index contributed by atoms with van der Waals surface area (Å²) >= 11 is 0. The molecule has 2 N–H and O–H groups in total. The lowest BCUT2D eigenvalue weighted by atomic mass is 10.2. The second-order valence-corrected chi connectivity index (χ2v) is 9.46. The summed E-state index contributed by atoms with van der Waals surface area (Å²) in [6.45, 7) is 0.0229. The summed E-state index contributed by atoms with van der Waals surface area (Å²) in [5.74, 6) is 1.34. The van der Waals surface area contributed by atoms with Crippen LogP contribution < -0.4 is 10.6 Å². The molecule has 0 radical (unpaired) electrons. The summed E-state index contributed by atoms with van der Waals surface area (Å²) in [6, 6.07) is 15.5. The van der Waals surface area contributed by atoms with Crippen molar-refractivity contribution in [3.8, 4) is 11.5 Å². The molecule has 156 valence electrons. The van der Waals surface area contributed by atoms with Gasteiger partial charge < -0.3 is 15.2 Å². The van der Waals surface area contributed by atoms with Crippen LogP contribution in [0.3, 0.4) is 0 Å². The predicted octanol–water partition coefficient (Wildman–Crippen LogP) is 3.35. The van der Waals surface area contributed by atoms with Crippen LogP contribution in [0.4, 0.5) is 10.5 Å². The Kier molecular flexibility index (Phi) is 5.80. The molecule has 9 heteroatoms. The van der Waals surface area contributed by atoms with Gasteiger partial charge in [0, 0.05) is 23.7 Å². The zero-order valence-corrected chi connectivity index (χ0v) is 17.1. The van der Waals surface area contributed by atoms with Crippen molar-refractivity contribution in [2.24, 2.45) is 0 Å². The summed E-state index contributed by atoms with van der Waals surface area (Å²) in [7, 11) is -3.32. The number of rotatable bonds is 8. The second-order valence-electron chi connectivity index (χ2n) is 7.27. The van der Waals surface area contributed by atoms with Gasteiger partial charge >= 0.3 is 6.03 Å². The highest BCUT2D eigenvalue weighted by Crippen LogP contribution is 2.38. The summed E-state index contributed by atoms with van der Waals surface area (Å²) in [5.41, 5.74) is 1.98. The topological polar surface area (TPSA) is 114 Å². The lowest BCUT2D eigenvalue weighted by molar-refractivity contribution is 0.252. The lowest BCUT2D eigenvalue weighted by Crippen LogP contribution is -2.33. The molecule has 1 fully saturated rings. The minimum atomic E-state index is -3.32. The number of urea groups is 1. The Bertz CT molecular complexity index is 1120. The van der Waals surface area contributed by atoms with Gasteiger partial charge in [0.25, 0.3) is 5.89 Å². The van der Waals surface area contributed by atoms with Crippen LogP contribution in [0.25, 0.3) is 11.5 Å². The molecule has 2 amide bonds. The maximum absolute atomic E-state index is 12.2. The van der Waals surface area contributed by atoms with Crippen LogP contribution in [-0.2, 0) is 15.6 Å². The normalized spacial score (nSPS) is 13.7. The molecule has 1 aromatic heterocycles. The van der Waals surface area contributed by atoms with Crippen LogP contribution in [-0.4, -0.2) is 36.9 Å². The molecule has 0 unspecified atom stereocenters. The van der Waals surface area contributed by atoms with Crippen LogP contribution in [0.2, 0.25) is 0 Å². The highest BCUT2D eigenvalue weighted by molar-refractivity contribution is 7.90. The van der Waals surface area contributed by atoms with Gasteiger partial charge in [0.1, 0.15) is 0 Å². The first kappa shape index (κ1) is 20.1. The Morgan fingerprint density at radius 1 is 1.10 bits per heavy atom. The summed E-state index contributed by atoms with van der Waals surface area (Å²) < 4.78 is 29.7. The van der Waals surface area contributed by atoms with Crippen molar-refractivity contribution in [3.05, 3.63) is 66.0 Å². The van der Waals surface area contributed by atoms with Gasteiger partial charge in [-0.25, -0.2) is 13.2 Å². The molecule has 1 heterocycles. The van der Waals surface area contributed by atoms with E-state index in [4.69, 9.17) is 4.52 Å². The molecule has 30 heavy (non-hydrogen) atoms. The van der Waals surface area contributed by atoms with Crippen LogP contribution in [0, 0.1) is 0 Å². The summed E-state index contributed by atoms with van der Waals surface area (Å²) in [4.78, 5) is 16.5. The number of aromatic nitrogens is 2. The number of nitrogens with one attached hydrogen (secondary N) is 2. The average Bonchev–Trinajstić information content (AvgIpc) is 3.45. The van der Waals surface area contributed by atoms with Gasteiger partial charge in [-0.1, -0.05) is 41.6 Å². The Labute approximate surface area is 174 Å². The molecule has 0 atom stereocenters. The van der Waals surface area contributed by atoms with E-state index in [0.717, 1.165) is 24.2 Å². The minimum absolute atomic E-state index is 0.0229. The van der Waals surface area contributed by atoms with E-state index in [1.165, 1.54) is 0 Å². The van der Waals surface area contributed by atoms with Gasteiger partial charge in [0.05, 0.1) is 11.5 Å². The number of nitrogens with zero attached hydrogens (tertiary/aromatic N) is 2. The molecule has 2 aromatic carbocycles. The largest absolute Gasteiger partial charge is 0.337 e. The molecular weight excluding hydrogens is 404 g/mol. The van der Waals surface area contributed by atoms with Crippen molar-refractivity contribution >= 4 is 21.6 Å². The average molecular weight is 426 g/mol. The zero-order valence-electron chi connectivity index (χ0n) is 16.2. The van der Waals surface area contributed by atoms with Gasteiger partial charge in [-0.2, -0.15) is 4.98 Å². The number of sulfone groups is 1. The Balaban J connectivity index is 1.28. The highest BCUT2D eigenvalue weighted by atomic mass is 32.2. The van der Waals surface area contributed by atoms with Crippen LogP contribution in [0.15, 0.2) is 59.1 Å². The van der Waals surface area contributed by atoms with Gasteiger partial charge in [-0.05, 0) is 36.6 Å². The van der Waals surface area contributed by atoms with Crippen molar-refractivity contribution < 1.29 is 17.7 Å². The maximum atomic E-state index is 12.2. The second kappa shape index (κ2) is 8.66. The van der Waals surface area contributed by atoms with E-state index in [2.05, 4.69) is 20.8 Å². The smallest absolute Gasteiger partial charge is 0.319 e. The first-order valence-electron chi connectivity index (χ1n) is 9.72. The lowest BCUT2D eigenvalue weighted by Gasteiger charge is -2.09. The standard InChI is InChI=1S/C21H22N4O4S/c26-21(22-11-12-30(27,28)14-15-5-2-1-3-6-15)23-18-8-4-7-17(13-18)20-24-19(25-29-20)16-9-10-16/h1-8,13,16H,9-12,14H2,(H2,22,23,26). The minimum Gasteiger partial charge on any atom is -0.337 e. The molecule has 3 aromatic rings. The fourth-order valence-corrected chi connectivity index (χ4v) is 4.24. The fraction of sp³-hybridized carbons (Fsp3) is 0.286. The Hall–Kier alpha value is -3.20. The number of carbonyl (C=O) groups excluding carboxylic acids is 1. The maximum Gasteiger partial charge on any atom is 0.319 e. The van der Waals surface area contributed by atoms with Crippen molar-refractivity contribution in [2.45, 2.75) is 24.5 Å². The van der Waals surface area contributed by atoms with E-state index < -0.39 is 15.9 Å². The van der Waals surface area contributed by atoms with Gasteiger partial charge in [-0.3, -0.25) is 0 Å². The molecule has 4 rings (SSSR count). The summed E-state index contributed by atoms with van der Waals surface area (Å²) in [5, 5.41) is 9.27. The van der Waals surface area contributed by atoms with Gasteiger partial charge in [0.15, 0.2) is 15.7 Å². The van der Waals surface area contributed by atoms with Crippen LogP contribution >= 0.6 is 0 Å². The number of carbonyl (C=O) groups is 1. The molecule has 0 saturated heterocycles. The van der Waals surface area contributed by atoms with Gasteiger partial charge in [0.2, 0.25) is 0 Å². The SMILES string of the molecule is O=C(NCCS(=O)(=O)Cc1ccccc1)Nc1cccc(-c2nc(C3CC3)no2)c1. The fourth-order valence-electron chi connectivity index (χ4n) is 2.99. The molecule has 1 aliphatic rings. The number of benzene rings is 2. The van der Waals surface area contributed by atoms with Crippen molar-refractivity contribution in [2.75, 3.05) is 17.6 Å². The van der Waals surface area contributed by atoms with E-state index in [-0.39, 0.29) is 18.1 Å². The molecular formula is C21H22N4O4S. The van der Waals surface area contributed by atoms with E-state index in [1.54, 1.807) is 42.5 Å². The number of hydrogen-bond donors (Lipinski definition) is 2. The third kappa shape index (κ3) is 5.44. The number of hydrogen-bond acceptors (Lipinski definition) is 6. The van der Waals surface area contributed by atoms with E-state index >= 15 is 0 Å². The zero-order chi connectivity index (χ0) is 21.0. The van der Waals surface area contributed by atoms with Crippen LogP contribution in [0.1, 0.15) is 30.1 Å². The van der Waals surface area contributed by atoms with E-state index in [9.17, 15) is 13.2 Å². The quantitative estimate of drug-likeness (QED) is 0.571. The van der Waals surface area contributed by atoms with Gasteiger partial charge in [-0.15, -0.1) is 0 Å². The third-order valence-electron chi connectivity index (χ3n) is 4.68. The van der Waals surface area contributed by atoms with Crippen LogP contribution in [0.5, 0.6) is 0 Å². The predicted molar refractivity (Wildman–Crippen MR) is 113 cm³/mol. The first-order chi connectivity index (χ1) is 14.5. The van der Waals surface area contributed by atoms with E-state index in [1.807, 2.05) is 12.1 Å². The van der Waals surface area contributed by atoms with Crippen molar-refractivity contribution in [1.82, 2.24) is 15.5 Å². The van der Waals surface area contributed by atoms with Crippen molar-refractivity contribution in [3.63, 3.8) is 0 Å². The highest BCUT2D eigenvalue weighted by Gasteiger charge is 2.29. The van der Waals surface area contributed by atoms with E-state index in [0.29, 0.717) is 23.1 Å². The third-order valence-corrected chi connectivity index (χ3v) is 6.28. The molecule has 1 aliphatic carbocycles. The molecule has 0 spiro atoms. The first-order valence-corrected chi connectivity index (χ1v) is 11.5. The monoisotopic (exact) mass is 426 g/mol. The molecule has 0 bridgehead atoms. The summed E-state index contributed by atoms with van der Waals surface area (Å²) in [6.07, 6.45) is 2.17. The molecule has 8 nitrogen and oxygen atoms in total. The Morgan fingerprint density at radius 2 is 1.90 bits per heavy atom. The Morgan fingerprint density at radius 3 is 2.67 bits per heavy atom.